The number of carboxylic acid groups (broad SMARTS) is 1. The van der Waals surface area contributed by atoms with E-state index in [0.29, 0.717) is 15.7 Å². The number of carbonyl (C=O) groups is 3. The number of quaternary nitrogens is 1. The van der Waals surface area contributed by atoms with Gasteiger partial charge in [-0.05, 0) is 23.3 Å². The third-order valence-electron chi connectivity index (χ3n) is 5.02. The SMILES string of the molecule is O=C([O-])CNC(=O)c1c(O)c(C(=O)NCc2cccc(Cl)c2Cl)c(O)n(Cc2ccccc2Cl)c1=O.[NH4+]. The first-order valence-corrected chi connectivity index (χ1v) is 11.3. The van der Waals surface area contributed by atoms with Crippen molar-refractivity contribution in [2.75, 3.05) is 6.54 Å². The Balaban J connectivity index is 0.00000481. The van der Waals surface area contributed by atoms with E-state index in [2.05, 4.69) is 5.32 Å². The number of nitrogens with one attached hydrogen (secondary N) is 2. The molecule has 14 heteroatoms. The molecule has 3 aromatic rings. The van der Waals surface area contributed by atoms with Crippen LogP contribution in [0.4, 0.5) is 0 Å². The van der Waals surface area contributed by atoms with E-state index in [1.54, 1.807) is 24.3 Å². The number of halogens is 3. The molecule has 8 N–H and O–H groups in total. The number of hydrogen-bond donors (Lipinski definition) is 5. The molecule has 3 rings (SSSR count). The summed E-state index contributed by atoms with van der Waals surface area (Å²) < 4.78 is 0.649. The summed E-state index contributed by atoms with van der Waals surface area (Å²) in [5, 5.41) is 37.2. The van der Waals surface area contributed by atoms with Gasteiger partial charge < -0.3 is 36.9 Å². The van der Waals surface area contributed by atoms with Gasteiger partial charge in [-0.3, -0.25) is 19.0 Å². The lowest BCUT2D eigenvalue weighted by Crippen LogP contribution is -2.41. The number of pyridine rings is 1. The Labute approximate surface area is 224 Å². The Morgan fingerprint density at radius 2 is 1.46 bits per heavy atom. The minimum absolute atomic E-state index is 0. The summed E-state index contributed by atoms with van der Waals surface area (Å²) in [6, 6.07) is 11.0. The number of carbonyl (C=O) groups excluding carboxylic acids is 3. The normalized spacial score (nSPS) is 10.4. The molecule has 1 heterocycles. The molecular formula is C23H21Cl3N4O7. The smallest absolute Gasteiger partial charge is 0.270 e. The molecule has 1 aromatic heterocycles. The predicted octanol–water partition coefficient (Wildman–Crippen LogP) is 2.05. The molecule has 0 spiro atoms. The molecule has 0 saturated heterocycles. The molecule has 0 aliphatic carbocycles. The summed E-state index contributed by atoms with van der Waals surface area (Å²) in [5.74, 6) is -6.14. The largest absolute Gasteiger partial charge is 0.548 e. The van der Waals surface area contributed by atoms with Crippen molar-refractivity contribution in [3.8, 4) is 11.6 Å². The second-order valence-electron chi connectivity index (χ2n) is 7.36. The lowest BCUT2D eigenvalue weighted by molar-refractivity contribution is -0.303. The van der Waals surface area contributed by atoms with Crippen LogP contribution < -0.4 is 27.4 Å². The Morgan fingerprint density at radius 3 is 2.11 bits per heavy atom. The van der Waals surface area contributed by atoms with Crippen LogP contribution in [0.5, 0.6) is 11.6 Å². The third-order valence-corrected chi connectivity index (χ3v) is 6.24. The first-order valence-electron chi connectivity index (χ1n) is 10.1. The number of hydrogen-bond acceptors (Lipinski definition) is 7. The van der Waals surface area contributed by atoms with Gasteiger partial charge in [-0.1, -0.05) is 65.1 Å². The van der Waals surface area contributed by atoms with E-state index in [4.69, 9.17) is 34.8 Å². The molecular weight excluding hydrogens is 551 g/mol. The molecule has 0 bridgehead atoms. The molecule has 0 atom stereocenters. The van der Waals surface area contributed by atoms with E-state index in [9.17, 15) is 34.5 Å². The molecule has 0 fully saturated rings. The number of aromatic hydroxyl groups is 2. The van der Waals surface area contributed by atoms with E-state index >= 15 is 0 Å². The van der Waals surface area contributed by atoms with Crippen LogP contribution in [-0.2, 0) is 17.9 Å². The molecule has 2 amide bonds. The van der Waals surface area contributed by atoms with Crippen LogP contribution >= 0.6 is 34.8 Å². The summed E-state index contributed by atoms with van der Waals surface area (Å²) in [6.07, 6.45) is 0. The summed E-state index contributed by atoms with van der Waals surface area (Å²) in [5.41, 5.74) is -2.21. The van der Waals surface area contributed by atoms with Crippen LogP contribution in [-0.4, -0.2) is 39.1 Å². The molecule has 196 valence electrons. The summed E-state index contributed by atoms with van der Waals surface area (Å²) in [6.45, 7) is -1.54. The quantitative estimate of drug-likeness (QED) is 0.272. The zero-order valence-corrected chi connectivity index (χ0v) is 21.4. The standard InChI is InChI=1S/C23H18Cl3N3O7.H3N/c24-13-6-2-1-4-12(13)10-29-22(35)16(19(32)17(23(29)36)21(34)28-9-15(30)31)20(33)27-8-11-5-3-7-14(25)18(11)26;/h1-7,32,35H,8-10H2,(H,27,33)(H,28,34)(H,30,31);1H3. The van der Waals surface area contributed by atoms with Crippen LogP contribution in [0.15, 0.2) is 47.3 Å². The van der Waals surface area contributed by atoms with Crippen LogP contribution in [0.2, 0.25) is 15.1 Å². The number of rotatable bonds is 8. The van der Waals surface area contributed by atoms with E-state index < -0.39 is 52.6 Å². The van der Waals surface area contributed by atoms with Gasteiger partial charge in [-0.15, -0.1) is 0 Å². The Bertz CT molecular complexity index is 1430. The van der Waals surface area contributed by atoms with Gasteiger partial charge in [0.1, 0.15) is 11.1 Å². The van der Waals surface area contributed by atoms with Crippen molar-refractivity contribution in [2.45, 2.75) is 13.1 Å². The van der Waals surface area contributed by atoms with E-state index in [0.717, 1.165) is 0 Å². The Kier molecular flexibility index (Phi) is 9.92. The van der Waals surface area contributed by atoms with Gasteiger partial charge in [0.25, 0.3) is 17.4 Å². The number of aromatic nitrogens is 1. The number of aliphatic carboxylic acids is 1. The maximum Gasteiger partial charge on any atom is 0.270 e. The monoisotopic (exact) mass is 570 g/mol. The molecule has 37 heavy (non-hydrogen) atoms. The average Bonchev–Trinajstić information content (AvgIpc) is 2.82. The lowest BCUT2D eigenvalue weighted by atomic mass is 10.1. The van der Waals surface area contributed by atoms with Crippen molar-refractivity contribution in [3.63, 3.8) is 0 Å². The van der Waals surface area contributed by atoms with Crippen LogP contribution in [0.25, 0.3) is 0 Å². The summed E-state index contributed by atoms with van der Waals surface area (Å²) in [7, 11) is 0. The van der Waals surface area contributed by atoms with Gasteiger partial charge >= 0.3 is 0 Å². The van der Waals surface area contributed by atoms with Crippen molar-refractivity contribution >= 4 is 52.6 Å². The Morgan fingerprint density at radius 1 is 0.865 bits per heavy atom. The highest BCUT2D eigenvalue weighted by molar-refractivity contribution is 6.42. The zero-order valence-electron chi connectivity index (χ0n) is 19.2. The number of benzene rings is 2. The maximum atomic E-state index is 13.1. The van der Waals surface area contributed by atoms with Crippen LogP contribution in [0, 0.1) is 0 Å². The van der Waals surface area contributed by atoms with E-state index in [1.165, 1.54) is 18.2 Å². The van der Waals surface area contributed by atoms with Crippen LogP contribution in [0.3, 0.4) is 0 Å². The highest BCUT2D eigenvalue weighted by Gasteiger charge is 2.30. The first-order chi connectivity index (χ1) is 17.0. The summed E-state index contributed by atoms with van der Waals surface area (Å²) >= 11 is 18.2. The third kappa shape index (κ3) is 6.52. The predicted molar refractivity (Wildman–Crippen MR) is 136 cm³/mol. The van der Waals surface area contributed by atoms with Gasteiger partial charge in [0.15, 0.2) is 5.75 Å². The molecule has 11 nitrogen and oxygen atoms in total. The second kappa shape index (κ2) is 12.5. The number of amides is 2. The van der Waals surface area contributed by atoms with Crippen molar-refractivity contribution in [1.29, 1.82) is 0 Å². The van der Waals surface area contributed by atoms with Crippen molar-refractivity contribution in [3.05, 3.63) is 90.1 Å². The van der Waals surface area contributed by atoms with E-state index in [-0.39, 0.29) is 34.3 Å². The number of carboxylic acids is 1. The van der Waals surface area contributed by atoms with Crippen molar-refractivity contribution in [2.24, 2.45) is 0 Å². The maximum absolute atomic E-state index is 13.1. The molecule has 0 aliphatic rings. The van der Waals surface area contributed by atoms with Crippen molar-refractivity contribution < 1.29 is 29.7 Å². The van der Waals surface area contributed by atoms with Gasteiger partial charge in [0.2, 0.25) is 5.88 Å². The number of nitrogens with zero attached hydrogens (tertiary/aromatic N) is 1. The van der Waals surface area contributed by atoms with Gasteiger partial charge in [0.05, 0.1) is 29.1 Å². The fourth-order valence-electron chi connectivity index (χ4n) is 3.25. The van der Waals surface area contributed by atoms with E-state index in [1.807, 2.05) is 5.32 Å². The van der Waals surface area contributed by atoms with Gasteiger partial charge in [0, 0.05) is 11.6 Å². The molecule has 0 radical (unpaired) electrons. The Hall–Kier alpha value is -3.77. The molecule has 0 aliphatic heterocycles. The van der Waals surface area contributed by atoms with Gasteiger partial charge in [-0.2, -0.15) is 0 Å². The molecule has 0 saturated carbocycles. The zero-order chi connectivity index (χ0) is 26.6. The van der Waals surface area contributed by atoms with Crippen molar-refractivity contribution in [1.82, 2.24) is 21.4 Å². The summed E-state index contributed by atoms with van der Waals surface area (Å²) in [4.78, 5) is 49.4. The minimum Gasteiger partial charge on any atom is -0.548 e. The topological polar surface area (TPSA) is 197 Å². The highest BCUT2D eigenvalue weighted by Crippen LogP contribution is 2.30. The van der Waals surface area contributed by atoms with Gasteiger partial charge in [-0.25, -0.2) is 0 Å². The lowest BCUT2D eigenvalue weighted by Gasteiger charge is -2.18. The average molecular weight is 572 g/mol. The first kappa shape index (κ1) is 29.5. The highest BCUT2D eigenvalue weighted by atomic mass is 35.5. The fraction of sp³-hybridized carbons (Fsp3) is 0.130. The second-order valence-corrected chi connectivity index (χ2v) is 8.55. The minimum atomic E-state index is -1.66. The fourth-order valence-corrected chi connectivity index (χ4v) is 3.83. The molecule has 2 aromatic carbocycles. The van der Waals surface area contributed by atoms with Crippen LogP contribution in [0.1, 0.15) is 31.8 Å². The molecule has 0 unspecified atom stereocenters.